The zero-order valence-corrected chi connectivity index (χ0v) is 11.1. The molecule has 6 heteroatoms. The third kappa shape index (κ3) is 1.88. The Balaban J connectivity index is 2.27. The molecule has 0 saturated carbocycles. The van der Waals surface area contributed by atoms with Gasteiger partial charge in [-0.2, -0.15) is 0 Å². The molecule has 0 spiro atoms. The van der Waals surface area contributed by atoms with Gasteiger partial charge in [0.1, 0.15) is 11.3 Å². The fourth-order valence-electron chi connectivity index (χ4n) is 1.89. The Labute approximate surface area is 115 Å². The van der Waals surface area contributed by atoms with Gasteiger partial charge in [0, 0.05) is 10.0 Å². The summed E-state index contributed by atoms with van der Waals surface area (Å²) in [6.45, 7) is 0. The van der Waals surface area contributed by atoms with E-state index in [2.05, 4.69) is 25.9 Å². The molecule has 0 unspecified atom stereocenters. The fourth-order valence-corrected chi connectivity index (χ4v) is 2.25. The van der Waals surface area contributed by atoms with E-state index in [1.54, 1.807) is 18.2 Å². The molecule has 3 N–H and O–H groups in total. The summed E-state index contributed by atoms with van der Waals surface area (Å²) in [6, 6.07) is 7.84. The smallest absolute Gasteiger partial charge is 0.186 e. The number of benzene rings is 2. The lowest BCUT2D eigenvalue weighted by Crippen LogP contribution is -1.92. The van der Waals surface area contributed by atoms with E-state index in [0.717, 1.165) is 10.5 Å². The van der Waals surface area contributed by atoms with Crippen molar-refractivity contribution in [2.75, 3.05) is 5.73 Å². The maximum absolute atomic E-state index is 13.6. The summed E-state index contributed by atoms with van der Waals surface area (Å²) >= 11 is 3.31. The van der Waals surface area contributed by atoms with E-state index < -0.39 is 11.6 Å². The minimum Gasteiger partial charge on any atom is -0.397 e. The van der Waals surface area contributed by atoms with Crippen molar-refractivity contribution in [3.8, 4) is 11.4 Å². The molecule has 1 aromatic heterocycles. The topological polar surface area (TPSA) is 54.7 Å². The number of fused-ring (bicyclic) bond motifs is 1. The lowest BCUT2D eigenvalue weighted by Gasteiger charge is -2.03. The second-order valence-corrected chi connectivity index (χ2v) is 4.90. The first-order valence-electron chi connectivity index (χ1n) is 5.46. The number of nitrogens with one attached hydrogen (secondary N) is 1. The Morgan fingerprint density at radius 1 is 1.16 bits per heavy atom. The number of aromatic nitrogens is 2. The minimum atomic E-state index is -0.964. The van der Waals surface area contributed by atoms with Gasteiger partial charge >= 0.3 is 0 Å². The Morgan fingerprint density at radius 3 is 2.74 bits per heavy atom. The van der Waals surface area contributed by atoms with Crippen LogP contribution in [0, 0.1) is 11.6 Å². The summed E-state index contributed by atoms with van der Waals surface area (Å²) in [4.78, 5) is 7.00. The van der Waals surface area contributed by atoms with Gasteiger partial charge < -0.3 is 10.7 Å². The second-order valence-electron chi connectivity index (χ2n) is 4.04. The molecule has 0 aliphatic carbocycles. The van der Waals surface area contributed by atoms with Crippen LogP contribution in [-0.4, -0.2) is 9.97 Å². The van der Waals surface area contributed by atoms with Gasteiger partial charge in [-0.25, -0.2) is 13.8 Å². The van der Waals surface area contributed by atoms with Crippen molar-refractivity contribution in [1.29, 1.82) is 0 Å². The molecule has 3 aromatic rings. The first kappa shape index (κ1) is 12.1. The molecule has 19 heavy (non-hydrogen) atoms. The third-order valence-electron chi connectivity index (χ3n) is 2.85. The normalized spacial score (nSPS) is 11.1. The third-order valence-corrected chi connectivity index (χ3v) is 3.55. The molecule has 0 amide bonds. The van der Waals surface area contributed by atoms with Crippen LogP contribution in [0.3, 0.4) is 0 Å². The Morgan fingerprint density at radius 2 is 1.95 bits per heavy atom. The number of nitrogens with zero attached hydrogens (tertiary/aromatic N) is 1. The number of aromatic amines is 1. The van der Waals surface area contributed by atoms with Crippen molar-refractivity contribution in [3.05, 3.63) is 46.4 Å². The highest BCUT2D eigenvalue weighted by molar-refractivity contribution is 9.10. The molecule has 0 aliphatic rings. The molecule has 0 aliphatic heterocycles. The molecule has 3 rings (SSSR count). The van der Waals surface area contributed by atoms with E-state index in [0.29, 0.717) is 22.6 Å². The minimum absolute atomic E-state index is 0.0330. The van der Waals surface area contributed by atoms with E-state index >= 15 is 0 Å². The number of H-pyrrole nitrogens is 1. The SMILES string of the molecule is Nc1c(Br)cccc1-c1nc2c(F)c(F)ccc2[nH]1. The van der Waals surface area contributed by atoms with Gasteiger partial charge in [0.15, 0.2) is 11.6 Å². The number of imidazole rings is 1. The summed E-state index contributed by atoms with van der Waals surface area (Å²) in [5.41, 5.74) is 7.44. The summed E-state index contributed by atoms with van der Waals surface area (Å²) in [5.74, 6) is -1.49. The number of hydrogen-bond donors (Lipinski definition) is 2. The molecule has 96 valence electrons. The molecule has 0 radical (unpaired) electrons. The molecule has 0 fully saturated rings. The highest BCUT2D eigenvalue weighted by Crippen LogP contribution is 2.31. The van der Waals surface area contributed by atoms with E-state index in [1.807, 2.05) is 0 Å². The van der Waals surface area contributed by atoms with Gasteiger partial charge in [0.05, 0.1) is 11.2 Å². The largest absolute Gasteiger partial charge is 0.397 e. The molecule has 1 heterocycles. The van der Waals surface area contributed by atoms with Crippen molar-refractivity contribution in [2.24, 2.45) is 0 Å². The first-order chi connectivity index (χ1) is 9.08. The van der Waals surface area contributed by atoms with Crippen LogP contribution in [0.1, 0.15) is 0 Å². The molecular weight excluding hydrogens is 316 g/mol. The molecule has 0 bridgehead atoms. The average Bonchev–Trinajstić information content (AvgIpc) is 2.82. The van der Waals surface area contributed by atoms with Crippen LogP contribution in [0.25, 0.3) is 22.4 Å². The monoisotopic (exact) mass is 323 g/mol. The van der Waals surface area contributed by atoms with Crippen LogP contribution < -0.4 is 5.73 Å². The number of nitrogens with two attached hydrogens (primary N) is 1. The zero-order valence-electron chi connectivity index (χ0n) is 9.55. The van der Waals surface area contributed by atoms with Crippen LogP contribution in [0.2, 0.25) is 0 Å². The number of rotatable bonds is 1. The number of nitrogen functional groups attached to an aromatic ring is 1. The lowest BCUT2D eigenvalue weighted by molar-refractivity contribution is 0.515. The van der Waals surface area contributed by atoms with Crippen molar-refractivity contribution in [2.45, 2.75) is 0 Å². The predicted octanol–water partition coefficient (Wildman–Crippen LogP) is 3.85. The first-order valence-corrected chi connectivity index (χ1v) is 6.25. The van der Waals surface area contributed by atoms with Crippen molar-refractivity contribution >= 4 is 32.7 Å². The fraction of sp³-hybridized carbons (Fsp3) is 0. The summed E-state index contributed by atoms with van der Waals surface area (Å²) in [7, 11) is 0. The van der Waals surface area contributed by atoms with Crippen molar-refractivity contribution < 1.29 is 8.78 Å². The lowest BCUT2D eigenvalue weighted by atomic mass is 10.2. The van der Waals surface area contributed by atoms with Gasteiger partial charge in [-0.1, -0.05) is 6.07 Å². The summed E-state index contributed by atoms with van der Waals surface area (Å²) in [6.07, 6.45) is 0. The number of anilines is 1. The average molecular weight is 324 g/mol. The van der Waals surface area contributed by atoms with Crippen molar-refractivity contribution in [1.82, 2.24) is 9.97 Å². The molecule has 2 aromatic carbocycles. The predicted molar refractivity (Wildman–Crippen MR) is 73.6 cm³/mol. The van der Waals surface area contributed by atoms with E-state index in [1.165, 1.54) is 6.07 Å². The molecule has 0 saturated heterocycles. The van der Waals surface area contributed by atoms with Gasteiger partial charge in [-0.15, -0.1) is 0 Å². The number of halogens is 3. The van der Waals surface area contributed by atoms with Crippen LogP contribution in [0.15, 0.2) is 34.8 Å². The van der Waals surface area contributed by atoms with Gasteiger partial charge in [0.2, 0.25) is 0 Å². The highest BCUT2D eigenvalue weighted by atomic mass is 79.9. The molecular formula is C13H8BrF2N3. The highest BCUT2D eigenvalue weighted by Gasteiger charge is 2.14. The van der Waals surface area contributed by atoms with Crippen molar-refractivity contribution in [3.63, 3.8) is 0 Å². The maximum Gasteiger partial charge on any atom is 0.186 e. The van der Waals surface area contributed by atoms with Crippen LogP contribution in [0.4, 0.5) is 14.5 Å². The summed E-state index contributed by atoms with van der Waals surface area (Å²) < 4.78 is 27.5. The van der Waals surface area contributed by atoms with Crippen LogP contribution >= 0.6 is 15.9 Å². The maximum atomic E-state index is 13.6. The standard InChI is InChI=1S/C13H8BrF2N3/c14-7-3-1-2-6(11(7)17)13-18-9-5-4-8(15)10(16)12(9)19-13/h1-5H,17H2,(H,18,19). The Kier molecular flexibility index (Phi) is 2.74. The molecule has 3 nitrogen and oxygen atoms in total. The number of para-hydroxylation sites is 1. The Bertz CT molecular complexity index is 783. The van der Waals surface area contributed by atoms with Gasteiger partial charge in [0.25, 0.3) is 0 Å². The summed E-state index contributed by atoms with van der Waals surface area (Å²) in [5, 5.41) is 0. The number of hydrogen-bond acceptors (Lipinski definition) is 2. The zero-order chi connectivity index (χ0) is 13.6. The van der Waals surface area contributed by atoms with Gasteiger partial charge in [-0.3, -0.25) is 0 Å². The van der Waals surface area contributed by atoms with E-state index in [9.17, 15) is 8.78 Å². The quantitative estimate of drug-likeness (QED) is 0.668. The van der Waals surface area contributed by atoms with Crippen LogP contribution in [-0.2, 0) is 0 Å². The van der Waals surface area contributed by atoms with Gasteiger partial charge in [-0.05, 0) is 40.2 Å². The van der Waals surface area contributed by atoms with E-state index in [4.69, 9.17) is 5.73 Å². The molecule has 0 atom stereocenters. The second kappa shape index (κ2) is 4.31. The van der Waals surface area contributed by atoms with E-state index in [-0.39, 0.29) is 5.52 Å². The Hall–Kier alpha value is -1.95. The van der Waals surface area contributed by atoms with Crippen LogP contribution in [0.5, 0.6) is 0 Å².